The Morgan fingerprint density at radius 2 is 2.29 bits per heavy atom. The van der Waals surface area contributed by atoms with Crippen molar-refractivity contribution in [2.75, 3.05) is 11.9 Å². The molecule has 0 amide bonds. The van der Waals surface area contributed by atoms with E-state index in [1.807, 2.05) is 6.07 Å². The molecule has 0 aliphatic heterocycles. The summed E-state index contributed by atoms with van der Waals surface area (Å²) in [6, 6.07) is 6.52. The minimum atomic E-state index is -0.381. The van der Waals surface area contributed by atoms with Gasteiger partial charge in [0.15, 0.2) is 5.13 Å². The summed E-state index contributed by atoms with van der Waals surface area (Å²) in [7, 11) is 0. The van der Waals surface area contributed by atoms with Gasteiger partial charge >= 0.3 is 5.97 Å². The Morgan fingerprint density at radius 1 is 1.43 bits per heavy atom. The third kappa shape index (κ3) is 2.74. The van der Waals surface area contributed by atoms with Gasteiger partial charge in [0.1, 0.15) is 16.3 Å². The third-order valence-corrected chi connectivity index (χ3v) is 4.52. The van der Waals surface area contributed by atoms with Gasteiger partial charge in [-0.2, -0.15) is 0 Å². The maximum absolute atomic E-state index is 13.6. The number of nitrogens with zero attached hydrogens (tertiary/aromatic N) is 1. The lowest BCUT2D eigenvalue weighted by Gasteiger charge is -2.03. The van der Waals surface area contributed by atoms with Crippen molar-refractivity contribution in [3.8, 4) is 0 Å². The van der Waals surface area contributed by atoms with Crippen LogP contribution in [0.2, 0.25) is 0 Å². The molecule has 7 heteroatoms. The minimum absolute atomic E-state index is 0.320. The Morgan fingerprint density at radius 3 is 3.05 bits per heavy atom. The molecule has 2 aromatic heterocycles. The van der Waals surface area contributed by atoms with Gasteiger partial charge in [0.05, 0.1) is 16.9 Å². The molecular formula is C14H11FN2O2S2. The van der Waals surface area contributed by atoms with Crippen LogP contribution >= 0.6 is 22.7 Å². The van der Waals surface area contributed by atoms with E-state index in [4.69, 9.17) is 4.74 Å². The molecule has 3 rings (SSSR count). The number of hydrogen-bond acceptors (Lipinski definition) is 6. The summed E-state index contributed by atoms with van der Waals surface area (Å²) in [5, 5.41) is 6.05. The van der Waals surface area contributed by atoms with Crippen LogP contribution in [0, 0.1) is 5.82 Å². The van der Waals surface area contributed by atoms with E-state index in [2.05, 4.69) is 10.3 Å². The number of carbonyl (C=O) groups is 1. The van der Waals surface area contributed by atoms with Crippen LogP contribution in [0.4, 0.5) is 14.5 Å². The van der Waals surface area contributed by atoms with Crippen LogP contribution in [0.3, 0.4) is 0 Å². The van der Waals surface area contributed by atoms with Gasteiger partial charge in [-0.1, -0.05) is 17.4 Å². The first-order valence-corrected chi connectivity index (χ1v) is 7.95. The summed E-state index contributed by atoms with van der Waals surface area (Å²) in [5.74, 6) is -0.734. The van der Waals surface area contributed by atoms with Crippen LogP contribution in [0.1, 0.15) is 17.3 Å². The van der Waals surface area contributed by atoms with Crippen molar-refractivity contribution in [1.29, 1.82) is 0 Å². The van der Waals surface area contributed by atoms with Gasteiger partial charge < -0.3 is 10.1 Å². The van der Waals surface area contributed by atoms with E-state index in [9.17, 15) is 9.18 Å². The summed E-state index contributed by atoms with van der Waals surface area (Å²) in [4.78, 5) is 16.0. The Balaban J connectivity index is 1.91. The zero-order valence-corrected chi connectivity index (χ0v) is 12.7. The van der Waals surface area contributed by atoms with Crippen molar-refractivity contribution in [3.05, 3.63) is 41.0 Å². The summed E-state index contributed by atoms with van der Waals surface area (Å²) >= 11 is 2.71. The molecule has 21 heavy (non-hydrogen) atoms. The number of thiazole rings is 1. The number of ether oxygens (including phenoxy) is 1. The van der Waals surface area contributed by atoms with Gasteiger partial charge in [0.25, 0.3) is 0 Å². The first-order chi connectivity index (χ1) is 10.2. The van der Waals surface area contributed by atoms with Gasteiger partial charge in [0, 0.05) is 0 Å². The topological polar surface area (TPSA) is 51.2 Å². The number of halogens is 1. The van der Waals surface area contributed by atoms with Crippen molar-refractivity contribution in [3.63, 3.8) is 0 Å². The van der Waals surface area contributed by atoms with Gasteiger partial charge in [0.2, 0.25) is 0 Å². The van der Waals surface area contributed by atoms with Gasteiger partial charge in [-0.25, -0.2) is 14.2 Å². The number of benzene rings is 1. The molecule has 3 aromatic rings. The standard InChI is InChI=1S/C14H11FN2O2S2/c1-2-19-13(18)8-6-7-20-12(8)17-14-16-11-9(15)4-3-5-10(11)21-14/h3-7H,2H2,1H3,(H,16,17). The molecule has 1 aromatic carbocycles. The molecule has 1 N–H and O–H groups in total. The van der Waals surface area contributed by atoms with Crippen LogP contribution in [-0.2, 0) is 4.74 Å². The average Bonchev–Trinajstić information content (AvgIpc) is 3.06. The Labute approximate surface area is 128 Å². The third-order valence-electron chi connectivity index (χ3n) is 2.75. The number of esters is 1. The van der Waals surface area contributed by atoms with Crippen molar-refractivity contribution >= 4 is 49.0 Å². The largest absolute Gasteiger partial charge is 0.462 e. The van der Waals surface area contributed by atoms with Gasteiger partial charge in [-0.15, -0.1) is 11.3 Å². The van der Waals surface area contributed by atoms with Crippen molar-refractivity contribution < 1.29 is 13.9 Å². The Kier molecular flexibility index (Phi) is 3.85. The molecule has 0 saturated heterocycles. The monoisotopic (exact) mass is 322 g/mol. The number of aromatic nitrogens is 1. The number of hydrogen-bond donors (Lipinski definition) is 1. The van der Waals surface area contributed by atoms with Gasteiger partial charge in [-0.05, 0) is 30.5 Å². The fourth-order valence-electron chi connectivity index (χ4n) is 1.84. The lowest BCUT2D eigenvalue weighted by atomic mass is 10.3. The highest BCUT2D eigenvalue weighted by atomic mass is 32.1. The highest BCUT2D eigenvalue weighted by Gasteiger charge is 2.16. The van der Waals surface area contributed by atoms with Gasteiger partial charge in [-0.3, -0.25) is 0 Å². The number of fused-ring (bicyclic) bond motifs is 1. The van der Waals surface area contributed by atoms with E-state index in [0.717, 1.165) is 4.70 Å². The van der Waals surface area contributed by atoms with Crippen LogP contribution in [0.5, 0.6) is 0 Å². The second-order valence-corrected chi connectivity index (χ2v) is 6.06. The highest BCUT2D eigenvalue weighted by molar-refractivity contribution is 7.22. The Bertz CT molecular complexity index is 797. The molecule has 0 bridgehead atoms. The summed E-state index contributed by atoms with van der Waals surface area (Å²) in [6.45, 7) is 2.08. The molecule has 0 atom stereocenters. The second-order valence-electron chi connectivity index (χ2n) is 4.11. The molecule has 4 nitrogen and oxygen atoms in total. The minimum Gasteiger partial charge on any atom is -0.462 e. The number of para-hydroxylation sites is 1. The van der Waals surface area contributed by atoms with Crippen molar-refractivity contribution in [2.24, 2.45) is 0 Å². The number of rotatable bonds is 4. The van der Waals surface area contributed by atoms with Crippen molar-refractivity contribution in [1.82, 2.24) is 4.98 Å². The van der Waals surface area contributed by atoms with Crippen molar-refractivity contribution in [2.45, 2.75) is 6.92 Å². The zero-order valence-electron chi connectivity index (χ0n) is 11.1. The summed E-state index contributed by atoms with van der Waals surface area (Å²) < 4.78 is 19.4. The number of thiophene rings is 1. The predicted octanol–water partition coefficient (Wildman–Crippen LogP) is 4.42. The zero-order chi connectivity index (χ0) is 14.8. The molecule has 0 spiro atoms. The normalized spacial score (nSPS) is 10.8. The molecule has 2 heterocycles. The molecule has 0 fully saturated rings. The van der Waals surface area contributed by atoms with Crippen LogP contribution in [0.15, 0.2) is 29.6 Å². The first kappa shape index (κ1) is 14.0. The molecule has 108 valence electrons. The Hall–Kier alpha value is -1.99. The molecular weight excluding hydrogens is 311 g/mol. The van der Waals surface area contributed by atoms with Crippen LogP contribution < -0.4 is 5.32 Å². The van der Waals surface area contributed by atoms with E-state index in [1.165, 1.54) is 28.7 Å². The first-order valence-electron chi connectivity index (χ1n) is 6.25. The summed E-state index contributed by atoms with van der Waals surface area (Å²) in [5.41, 5.74) is 0.792. The molecule has 0 saturated carbocycles. The molecule has 0 radical (unpaired) electrons. The fourth-order valence-corrected chi connectivity index (χ4v) is 3.56. The molecule has 0 aliphatic rings. The van der Waals surface area contributed by atoms with E-state index < -0.39 is 0 Å². The van der Waals surface area contributed by atoms with E-state index in [-0.39, 0.29) is 11.8 Å². The summed E-state index contributed by atoms with van der Waals surface area (Å²) in [6.07, 6.45) is 0. The maximum Gasteiger partial charge on any atom is 0.341 e. The highest BCUT2D eigenvalue weighted by Crippen LogP contribution is 2.33. The fraction of sp³-hybridized carbons (Fsp3) is 0.143. The SMILES string of the molecule is CCOC(=O)c1ccsc1Nc1nc2c(F)cccc2s1. The lowest BCUT2D eigenvalue weighted by molar-refractivity contribution is 0.0528. The molecule has 0 aliphatic carbocycles. The number of nitrogens with one attached hydrogen (secondary N) is 1. The average molecular weight is 322 g/mol. The van der Waals surface area contributed by atoms with Crippen LogP contribution in [0.25, 0.3) is 10.2 Å². The van der Waals surface area contributed by atoms with Crippen LogP contribution in [-0.4, -0.2) is 17.6 Å². The predicted molar refractivity (Wildman–Crippen MR) is 83.1 cm³/mol. The quantitative estimate of drug-likeness (QED) is 0.723. The second kappa shape index (κ2) is 5.79. The lowest BCUT2D eigenvalue weighted by Crippen LogP contribution is -2.05. The van der Waals surface area contributed by atoms with E-state index in [1.54, 1.807) is 24.4 Å². The van der Waals surface area contributed by atoms with E-state index >= 15 is 0 Å². The number of carbonyl (C=O) groups excluding carboxylic acids is 1. The smallest absolute Gasteiger partial charge is 0.341 e. The van der Waals surface area contributed by atoms with E-state index in [0.29, 0.717) is 27.8 Å². The maximum atomic E-state index is 13.6. The molecule has 0 unspecified atom stereocenters. The number of anilines is 2.